The number of nitrogens with two attached hydrogens (primary N) is 1. The summed E-state index contributed by atoms with van der Waals surface area (Å²) in [5.74, 6) is -1.25. The molecule has 9 heteroatoms. The minimum Gasteiger partial charge on any atom is -0.543 e. The Labute approximate surface area is 153 Å². The van der Waals surface area contributed by atoms with Gasteiger partial charge in [0.25, 0.3) is 0 Å². The van der Waals surface area contributed by atoms with Crippen molar-refractivity contribution >= 4 is 29.2 Å². The van der Waals surface area contributed by atoms with Gasteiger partial charge in [-0.15, -0.1) is 11.8 Å². The highest BCUT2D eigenvalue weighted by Gasteiger charge is 2.50. The summed E-state index contributed by atoms with van der Waals surface area (Å²) in [5, 5.41) is 20.7. The largest absolute Gasteiger partial charge is 0.543 e. The van der Waals surface area contributed by atoms with Crippen LogP contribution in [0.15, 0.2) is 35.8 Å². The molecule has 0 aromatic carbocycles. The number of amides is 1. The van der Waals surface area contributed by atoms with Gasteiger partial charge in [-0.3, -0.25) is 9.69 Å². The highest BCUT2D eigenvalue weighted by atomic mass is 32.2. The number of thioether (sulfide) groups is 1. The third kappa shape index (κ3) is 2.35. The molecule has 1 saturated heterocycles. The van der Waals surface area contributed by atoms with Gasteiger partial charge < -0.3 is 25.1 Å². The van der Waals surface area contributed by atoms with Gasteiger partial charge in [0, 0.05) is 23.9 Å². The second-order valence-corrected chi connectivity index (χ2v) is 7.53. The summed E-state index contributed by atoms with van der Waals surface area (Å²) in [6.07, 6.45) is 3.67. The van der Waals surface area contributed by atoms with E-state index in [9.17, 15) is 19.8 Å². The van der Waals surface area contributed by atoms with Crippen LogP contribution in [0.25, 0.3) is 5.52 Å². The van der Waals surface area contributed by atoms with E-state index >= 15 is 0 Å². The molecule has 2 aromatic heterocycles. The van der Waals surface area contributed by atoms with Crippen LogP contribution in [0.3, 0.4) is 0 Å². The van der Waals surface area contributed by atoms with Crippen LogP contribution in [0.5, 0.6) is 0 Å². The number of nitrogens with zero attached hydrogens (tertiary/aromatic N) is 3. The topological polar surface area (TPSA) is 115 Å². The van der Waals surface area contributed by atoms with Crippen molar-refractivity contribution in [2.75, 3.05) is 5.75 Å². The number of carboxylic acid groups (broad SMARTS) is 1. The summed E-state index contributed by atoms with van der Waals surface area (Å²) >= 11 is 1.47. The molecule has 3 N–H and O–H groups in total. The average Bonchev–Trinajstić information content (AvgIpc) is 3.06. The van der Waals surface area contributed by atoms with Crippen LogP contribution in [-0.2, 0) is 22.7 Å². The number of aromatic nitrogens is 2. The van der Waals surface area contributed by atoms with Crippen molar-refractivity contribution in [2.24, 2.45) is 5.73 Å². The lowest BCUT2D eigenvalue weighted by Crippen LogP contribution is -2.69. The fourth-order valence-electron chi connectivity index (χ4n) is 3.56. The summed E-state index contributed by atoms with van der Waals surface area (Å²) in [4.78, 5) is 24.9. The minimum atomic E-state index is -1.35. The number of hydrogen-bond donors (Lipinski definition) is 2. The Morgan fingerprint density at radius 3 is 2.96 bits per heavy atom. The van der Waals surface area contributed by atoms with E-state index < -0.39 is 12.0 Å². The quantitative estimate of drug-likeness (QED) is 0.486. The minimum absolute atomic E-state index is 0.0568. The number of fused-ring (bicyclic) bond motifs is 2. The predicted octanol–water partition coefficient (Wildman–Crippen LogP) is -1.73. The number of aliphatic hydroxyl groups excluding tert-OH is 1. The standard InChI is InChI=1S/C17H18N4O4S/c1-9-12-3-2-11(7-22)20(12)5-4-19(9)6-10-8-26-16-13(18)15(23)21(16)14(10)17(24)25/h2-5,13,16,22H,6-8,18H2,1H3/t13?,16-/m1/s1. The molecule has 136 valence electrons. The Kier molecular flexibility index (Phi) is 4.02. The van der Waals surface area contributed by atoms with Crippen LogP contribution in [0.4, 0.5) is 0 Å². The SMILES string of the molecule is Cc1c2ccc(CO)n2cc[n+]1CC1=C(C(=O)[O-])N2C(=O)C(N)[C@H]2SC1. The molecule has 0 saturated carbocycles. The zero-order chi connectivity index (χ0) is 18.6. The monoisotopic (exact) mass is 374 g/mol. The summed E-state index contributed by atoms with van der Waals surface area (Å²) in [5.41, 5.74) is 8.96. The third-order valence-corrected chi connectivity index (χ3v) is 6.37. The zero-order valence-corrected chi connectivity index (χ0v) is 14.9. The van der Waals surface area contributed by atoms with Crippen molar-refractivity contribution in [3.63, 3.8) is 0 Å². The van der Waals surface area contributed by atoms with E-state index in [4.69, 9.17) is 5.73 Å². The number of β-lactam (4-membered cyclic amide) rings is 1. The molecule has 4 heterocycles. The first-order valence-electron chi connectivity index (χ1n) is 8.17. The Bertz CT molecular complexity index is 967. The van der Waals surface area contributed by atoms with E-state index in [2.05, 4.69) is 0 Å². The second kappa shape index (κ2) is 6.11. The highest BCUT2D eigenvalue weighted by molar-refractivity contribution is 8.00. The number of aliphatic hydroxyl groups is 1. The van der Waals surface area contributed by atoms with Crippen LogP contribution in [0.2, 0.25) is 0 Å². The van der Waals surface area contributed by atoms with Crippen LogP contribution in [0.1, 0.15) is 11.4 Å². The lowest BCUT2D eigenvalue weighted by Gasteiger charge is -2.49. The van der Waals surface area contributed by atoms with Gasteiger partial charge in [-0.25, -0.2) is 0 Å². The molecular weight excluding hydrogens is 356 g/mol. The maximum absolute atomic E-state index is 12.0. The number of carbonyl (C=O) groups excluding carboxylic acids is 2. The molecule has 0 bridgehead atoms. The van der Waals surface area contributed by atoms with Gasteiger partial charge in [-0.1, -0.05) is 0 Å². The van der Waals surface area contributed by atoms with Gasteiger partial charge >= 0.3 is 0 Å². The van der Waals surface area contributed by atoms with Crippen molar-refractivity contribution in [2.45, 2.75) is 31.5 Å². The van der Waals surface area contributed by atoms with Crippen molar-refractivity contribution in [3.05, 3.63) is 47.2 Å². The molecule has 1 fully saturated rings. The number of carboxylic acids is 1. The summed E-state index contributed by atoms with van der Waals surface area (Å²) in [7, 11) is 0. The van der Waals surface area contributed by atoms with E-state index in [0.717, 1.165) is 16.9 Å². The van der Waals surface area contributed by atoms with Gasteiger partial charge in [-0.05, 0) is 12.1 Å². The fraction of sp³-hybridized carbons (Fsp3) is 0.353. The van der Waals surface area contributed by atoms with E-state index in [1.807, 2.05) is 40.4 Å². The number of rotatable bonds is 4. The fourth-order valence-corrected chi connectivity index (χ4v) is 4.85. The van der Waals surface area contributed by atoms with Crippen LogP contribution < -0.4 is 15.4 Å². The molecule has 4 rings (SSSR count). The first-order chi connectivity index (χ1) is 12.4. The highest BCUT2D eigenvalue weighted by Crippen LogP contribution is 2.39. The Morgan fingerprint density at radius 1 is 1.50 bits per heavy atom. The number of aryl methyl sites for hydroxylation is 1. The Morgan fingerprint density at radius 2 is 2.27 bits per heavy atom. The summed E-state index contributed by atoms with van der Waals surface area (Å²) in [6, 6.07) is 3.11. The molecule has 2 aliphatic rings. The first-order valence-corrected chi connectivity index (χ1v) is 9.22. The molecular formula is C17H18N4O4S. The molecule has 8 nitrogen and oxygen atoms in total. The Balaban J connectivity index is 1.74. The molecule has 0 aliphatic carbocycles. The number of aliphatic carboxylic acids is 1. The van der Waals surface area contributed by atoms with Gasteiger partial charge in [-0.2, -0.15) is 4.57 Å². The maximum Gasteiger partial charge on any atom is 0.248 e. The first kappa shape index (κ1) is 17.1. The number of carbonyl (C=O) groups is 2. The molecule has 2 aliphatic heterocycles. The smallest absolute Gasteiger partial charge is 0.248 e. The van der Waals surface area contributed by atoms with Gasteiger partial charge in [0.15, 0.2) is 12.7 Å². The van der Waals surface area contributed by atoms with Crippen LogP contribution >= 0.6 is 11.8 Å². The Hall–Kier alpha value is -2.36. The normalized spacial score (nSPS) is 22.6. The van der Waals surface area contributed by atoms with Gasteiger partial charge in [0.1, 0.15) is 16.9 Å². The van der Waals surface area contributed by atoms with Crippen molar-refractivity contribution in [3.8, 4) is 0 Å². The molecule has 2 atom stereocenters. The summed E-state index contributed by atoms with van der Waals surface area (Å²) < 4.78 is 3.82. The van der Waals surface area contributed by atoms with E-state index in [0.29, 0.717) is 17.9 Å². The van der Waals surface area contributed by atoms with E-state index in [1.54, 1.807) is 0 Å². The molecule has 26 heavy (non-hydrogen) atoms. The van der Waals surface area contributed by atoms with E-state index in [1.165, 1.54) is 16.7 Å². The van der Waals surface area contributed by atoms with Crippen LogP contribution in [-0.4, -0.2) is 43.5 Å². The van der Waals surface area contributed by atoms with Crippen LogP contribution in [0, 0.1) is 6.92 Å². The molecule has 2 aromatic rings. The zero-order valence-electron chi connectivity index (χ0n) is 14.1. The lowest BCUT2D eigenvalue weighted by molar-refractivity contribution is -0.694. The van der Waals surface area contributed by atoms with Gasteiger partial charge in [0.2, 0.25) is 11.6 Å². The van der Waals surface area contributed by atoms with Crippen molar-refractivity contribution in [1.29, 1.82) is 0 Å². The molecule has 1 amide bonds. The third-order valence-electron chi connectivity index (χ3n) is 5.00. The second-order valence-electron chi connectivity index (χ2n) is 6.42. The summed E-state index contributed by atoms with van der Waals surface area (Å²) in [6.45, 7) is 2.20. The van der Waals surface area contributed by atoms with Crippen molar-refractivity contribution < 1.29 is 24.4 Å². The van der Waals surface area contributed by atoms with Crippen molar-refractivity contribution in [1.82, 2.24) is 9.30 Å². The number of hydrogen-bond acceptors (Lipinski definition) is 6. The van der Waals surface area contributed by atoms with E-state index in [-0.39, 0.29) is 23.6 Å². The lowest BCUT2D eigenvalue weighted by atomic mass is 10.0. The molecule has 0 spiro atoms. The maximum atomic E-state index is 12.0. The molecule has 0 radical (unpaired) electrons. The average molecular weight is 374 g/mol. The predicted molar refractivity (Wildman–Crippen MR) is 91.4 cm³/mol. The molecule has 1 unspecified atom stereocenters. The van der Waals surface area contributed by atoms with Gasteiger partial charge in [0.05, 0.1) is 24.5 Å².